The first-order valence-corrected chi connectivity index (χ1v) is 13.0. The summed E-state index contributed by atoms with van der Waals surface area (Å²) in [6.07, 6.45) is 3.29. The van der Waals surface area contributed by atoms with E-state index in [0.29, 0.717) is 13.2 Å². The molecule has 0 unspecified atom stereocenters. The van der Waals surface area contributed by atoms with E-state index in [1.54, 1.807) is 0 Å². The number of carbonyl (C=O) groups is 1. The third kappa shape index (κ3) is 7.96. The fraction of sp³-hybridized carbons (Fsp3) is 0.344. The Morgan fingerprint density at radius 2 is 1.49 bits per heavy atom. The van der Waals surface area contributed by atoms with Gasteiger partial charge < -0.3 is 14.7 Å². The highest BCUT2D eigenvalue weighted by molar-refractivity contribution is 5.82. The third-order valence-corrected chi connectivity index (χ3v) is 6.54. The lowest BCUT2D eigenvalue weighted by atomic mass is 9.94. The van der Waals surface area contributed by atoms with E-state index in [-0.39, 0.29) is 0 Å². The molecular weight excluding hydrogens is 460 g/mol. The molecule has 3 aromatic carbocycles. The summed E-state index contributed by atoms with van der Waals surface area (Å²) in [4.78, 5) is 15.8. The maximum Gasteiger partial charge on any atom is 0.408 e. The SMILES string of the molecule is CCN(CC)CCOc1ccc(C=Cc2ccccc2-c2ccccc2CN(C(=O)O)C(C)(C)C)cc1. The molecule has 0 spiro atoms. The van der Waals surface area contributed by atoms with Crippen LogP contribution >= 0.6 is 0 Å². The van der Waals surface area contributed by atoms with Gasteiger partial charge in [-0.05, 0) is 73.8 Å². The lowest BCUT2D eigenvalue weighted by Crippen LogP contribution is -2.44. The molecule has 37 heavy (non-hydrogen) atoms. The van der Waals surface area contributed by atoms with Crippen molar-refractivity contribution in [3.05, 3.63) is 89.5 Å². The Bertz CT molecular complexity index is 1180. The minimum atomic E-state index is -0.920. The fourth-order valence-electron chi connectivity index (χ4n) is 4.26. The molecule has 1 amide bonds. The van der Waals surface area contributed by atoms with Crippen molar-refractivity contribution in [2.75, 3.05) is 26.2 Å². The number of ether oxygens (including phenoxy) is 1. The van der Waals surface area contributed by atoms with E-state index >= 15 is 0 Å². The van der Waals surface area contributed by atoms with Crippen molar-refractivity contribution in [3.8, 4) is 16.9 Å². The van der Waals surface area contributed by atoms with Crippen LogP contribution in [0.4, 0.5) is 4.79 Å². The average Bonchev–Trinajstić information content (AvgIpc) is 2.89. The maximum absolute atomic E-state index is 12.0. The van der Waals surface area contributed by atoms with Gasteiger partial charge in [-0.3, -0.25) is 4.90 Å². The molecule has 5 nitrogen and oxygen atoms in total. The summed E-state index contributed by atoms with van der Waals surface area (Å²) < 4.78 is 5.91. The molecule has 5 heteroatoms. The van der Waals surface area contributed by atoms with Gasteiger partial charge in [0.1, 0.15) is 12.4 Å². The minimum Gasteiger partial charge on any atom is -0.492 e. The van der Waals surface area contributed by atoms with Crippen LogP contribution in [0.25, 0.3) is 23.3 Å². The largest absolute Gasteiger partial charge is 0.492 e. The molecule has 0 saturated carbocycles. The van der Waals surface area contributed by atoms with E-state index < -0.39 is 11.6 Å². The van der Waals surface area contributed by atoms with Gasteiger partial charge in [0.2, 0.25) is 0 Å². The average molecular weight is 501 g/mol. The van der Waals surface area contributed by atoms with Crippen molar-refractivity contribution in [1.82, 2.24) is 9.80 Å². The molecule has 0 saturated heterocycles. The maximum atomic E-state index is 12.0. The zero-order valence-corrected chi connectivity index (χ0v) is 22.8. The van der Waals surface area contributed by atoms with Crippen LogP contribution in [0.5, 0.6) is 5.75 Å². The monoisotopic (exact) mass is 500 g/mol. The van der Waals surface area contributed by atoms with Gasteiger partial charge >= 0.3 is 6.09 Å². The lowest BCUT2D eigenvalue weighted by Gasteiger charge is -2.33. The van der Waals surface area contributed by atoms with E-state index in [2.05, 4.69) is 61.2 Å². The Balaban J connectivity index is 1.79. The van der Waals surface area contributed by atoms with Crippen LogP contribution in [0.1, 0.15) is 51.3 Å². The van der Waals surface area contributed by atoms with Crippen LogP contribution < -0.4 is 4.74 Å². The van der Waals surface area contributed by atoms with Gasteiger partial charge in [-0.2, -0.15) is 0 Å². The minimum absolute atomic E-state index is 0.322. The molecule has 0 aromatic heterocycles. The first-order chi connectivity index (χ1) is 17.7. The first-order valence-electron chi connectivity index (χ1n) is 13.0. The quantitative estimate of drug-likeness (QED) is 0.277. The molecule has 3 rings (SSSR count). The molecule has 196 valence electrons. The smallest absolute Gasteiger partial charge is 0.408 e. The van der Waals surface area contributed by atoms with Crippen LogP contribution in [0.2, 0.25) is 0 Å². The zero-order chi connectivity index (χ0) is 26.8. The first kappa shape index (κ1) is 28.0. The Hall–Kier alpha value is -3.57. The van der Waals surface area contributed by atoms with Gasteiger partial charge in [-0.15, -0.1) is 0 Å². The molecule has 0 aliphatic rings. The van der Waals surface area contributed by atoms with Crippen LogP contribution in [0, 0.1) is 0 Å². The third-order valence-electron chi connectivity index (χ3n) is 6.54. The zero-order valence-electron chi connectivity index (χ0n) is 22.8. The predicted molar refractivity (Wildman–Crippen MR) is 154 cm³/mol. The van der Waals surface area contributed by atoms with E-state index in [1.807, 2.05) is 63.2 Å². The van der Waals surface area contributed by atoms with Crippen molar-refractivity contribution in [2.24, 2.45) is 0 Å². The van der Waals surface area contributed by atoms with Gasteiger partial charge in [0, 0.05) is 12.1 Å². The number of hydrogen-bond donors (Lipinski definition) is 1. The summed E-state index contributed by atoms with van der Waals surface area (Å²) in [5.41, 5.74) is 4.75. The van der Waals surface area contributed by atoms with Gasteiger partial charge in [-0.25, -0.2) is 4.79 Å². The number of amides is 1. The molecule has 3 aromatic rings. The standard InChI is InChI=1S/C32H40N2O3/c1-6-33(7-2)22-23-37-28-20-17-25(18-21-28)16-19-26-12-8-10-14-29(26)30-15-11-9-13-27(30)24-34(31(35)36)32(3,4)5/h8-21H,6-7,22-24H2,1-5H3,(H,35,36). The Morgan fingerprint density at radius 3 is 2.11 bits per heavy atom. The lowest BCUT2D eigenvalue weighted by molar-refractivity contribution is 0.0957. The molecule has 0 radical (unpaired) electrons. The van der Waals surface area contributed by atoms with E-state index in [4.69, 9.17) is 4.74 Å². The van der Waals surface area contributed by atoms with Gasteiger partial charge in [-0.1, -0.05) is 86.7 Å². The molecule has 0 aliphatic heterocycles. The number of rotatable bonds is 11. The summed E-state index contributed by atoms with van der Waals surface area (Å²) in [7, 11) is 0. The van der Waals surface area contributed by atoms with Crippen molar-refractivity contribution in [2.45, 2.75) is 46.7 Å². The summed E-state index contributed by atoms with van der Waals surface area (Å²) in [5, 5.41) is 9.81. The Morgan fingerprint density at radius 1 is 0.865 bits per heavy atom. The van der Waals surface area contributed by atoms with E-state index in [9.17, 15) is 9.90 Å². The molecule has 0 bridgehead atoms. The highest BCUT2D eigenvalue weighted by Gasteiger charge is 2.27. The topological polar surface area (TPSA) is 53.0 Å². The molecule has 1 N–H and O–H groups in total. The predicted octanol–water partition coefficient (Wildman–Crippen LogP) is 7.52. The summed E-state index contributed by atoms with van der Waals surface area (Å²) in [6, 6.07) is 24.4. The van der Waals surface area contributed by atoms with Crippen molar-refractivity contribution in [3.63, 3.8) is 0 Å². The van der Waals surface area contributed by atoms with Crippen molar-refractivity contribution in [1.29, 1.82) is 0 Å². The van der Waals surface area contributed by atoms with Crippen LogP contribution in [-0.2, 0) is 6.54 Å². The van der Waals surface area contributed by atoms with Crippen LogP contribution in [0.3, 0.4) is 0 Å². The second-order valence-corrected chi connectivity index (χ2v) is 10.1. The number of benzene rings is 3. The highest BCUT2D eigenvalue weighted by Crippen LogP contribution is 2.31. The molecule has 0 fully saturated rings. The molecular formula is C32H40N2O3. The van der Waals surface area contributed by atoms with Crippen molar-refractivity contribution < 1.29 is 14.6 Å². The molecule has 0 atom stereocenters. The summed E-state index contributed by atoms with van der Waals surface area (Å²) in [5.74, 6) is 0.875. The highest BCUT2D eigenvalue weighted by atomic mass is 16.5. The number of nitrogens with zero attached hydrogens (tertiary/aromatic N) is 2. The Labute approximate surface area is 222 Å². The van der Waals surface area contributed by atoms with E-state index in [1.165, 1.54) is 4.90 Å². The fourth-order valence-corrected chi connectivity index (χ4v) is 4.26. The number of hydrogen-bond acceptors (Lipinski definition) is 3. The van der Waals surface area contributed by atoms with Gasteiger partial charge in [0.05, 0.1) is 6.54 Å². The summed E-state index contributed by atoms with van der Waals surface area (Å²) >= 11 is 0. The number of carboxylic acid groups (broad SMARTS) is 1. The van der Waals surface area contributed by atoms with Crippen LogP contribution in [-0.4, -0.2) is 52.8 Å². The Kier molecular flexibility index (Phi) is 9.93. The van der Waals surface area contributed by atoms with E-state index in [0.717, 1.165) is 53.2 Å². The molecule has 0 heterocycles. The summed E-state index contributed by atoms with van der Waals surface area (Å²) in [6.45, 7) is 14.1. The van der Waals surface area contributed by atoms with Crippen LogP contribution in [0.15, 0.2) is 72.8 Å². The second kappa shape index (κ2) is 13.1. The second-order valence-electron chi connectivity index (χ2n) is 10.1. The van der Waals surface area contributed by atoms with Crippen molar-refractivity contribution >= 4 is 18.2 Å². The van der Waals surface area contributed by atoms with Gasteiger partial charge in [0.25, 0.3) is 0 Å². The van der Waals surface area contributed by atoms with Gasteiger partial charge in [0.15, 0.2) is 0 Å². The normalized spacial score (nSPS) is 11.7. The number of likely N-dealkylation sites (N-methyl/N-ethyl adjacent to an activating group) is 1. The molecule has 0 aliphatic carbocycles.